The number of carbonyl (C=O) groups is 1. The van der Waals surface area contributed by atoms with Crippen molar-refractivity contribution in [1.29, 1.82) is 0 Å². The molecule has 0 spiro atoms. The first-order chi connectivity index (χ1) is 10.2. The molecule has 0 aromatic carbocycles. The summed E-state index contributed by atoms with van der Waals surface area (Å²) in [6, 6.07) is 0. The van der Waals surface area contributed by atoms with Gasteiger partial charge in [0.25, 0.3) is 0 Å². The molecule has 0 amide bonds. The monoisotopic (exact) mass is 299 g/mol. The lowest BCUT2D eigenvalue weighted by atomic mass is 9.93. The van der Waals surface area contributed by atoms with Crippen LogP contribution in [0.4, 0.5) is 0 Å². The number of rotatable bonds is 13. The molecule has 0 bridgehead atoms. The highest BCUT2D eigenvalue weighted by atomic mass is 16.5. The van der Waals surface area contributed by atoms with Crippen LogP contribution in [0.5, 0.6) is 0 Å². The molecule has 0 aromatic rings. The van der Waals surface area contributed by atoms with Crippen molar-refractivity contribution in [2.24, 2.45) is 5.92 Å². The number of unbranched alkanes of at least 4 members (excludes halogenated alkanes) is 3. The van der Waals surface area contributed by atoms with Gasteiger partial charge in [0.05, 0.1) is 13.2 Å². The highest BCUT2D eigenvalue weighted by molar-refractivity contribution is 5.82. The van der Waals surface area contributed by atoms with Gasteiger partial charge in [0.2, 0.25) is 0 Å². The Balaban J connectivity index is 2.51. The second kappa shape index (κ2) is 10.2. The van der Waals surface area contributed by atoms with Crippen molar-refractivity contribution in [3.8, 4) is 0 Å². The van der Waals surface area contributed by atoms with Crippen molar-refractivity contribution in [1.82, 2.24) is 5.32 Å². The number of hydrogen-bond acceptors (Lipinski definition) is 4. The third kappa shape index (κ3) is 5.95. The summed E-state index contributed by atoms with van der Waals surface area (Å²) < 4.78 is 11.2. The molecule has 0 heterocycles. The summed E-state index contributed by atoms with van der Waals surface area (Å²) in [6.07, 6.45) is 7.95. The van der Waals surface area contributed by atoms with Crippen LogP contribution in [0.25, 0.3) is 0 Å². The summed E-state index contributed by atoms with van der Waals surface area (Å²) in [7, 11) is 0. The Bertz CT molecular complexity index is 292. The molecule has 1 rings (SSSR count). The molecule has 0 aromatic heterocycles. The van der Waals surface area contributed by atoms with Crippen molar-refractivity contribution in [2.45, 2.75) is 71.3 Å². The van der Waals surface area contributed by atoms with Gasteiger partial charge in [-0.15, -0.1) is 0 Å². The molecule has 4 nitrogen and oxygen atoms in total. The molecular formula is C17H33NO3. The Morgan fingerprint density at radius 1 is 1.14 bits per heavy atom. The fraction of sp³-hybridized carbons (Fsp3) is 0.941. The lowest BCUT2D eigenvalue weighted by Gasteiger charge is -2.32. The molecule has 1 N–H and O–H groups in total. The fourth-order valence-corrected chi connectivity index (χ4v) is 2.66. The quantitative estimate of drug-likeness (QED) is 0.419. The Labute approximate surface area is 130 Å². The minimum Gasteiger partial charge on any atom is -0.465 e. The predicted octanol–water partition coefficient (Wildman–Crippen LogP) is 3.29. The fourth-order valence-electron chi connectivity index (χ4n) is 2.66. The molecule has 1 aliphatic carbocycles. The van der Waals surface area contributed by atoms with E-state index in [4.69, 9.17) is 9.47 Å². The number of hydrogen-bond donors (Lipinski definition) is 1. The van der Waals surface area contributed by atoms with E-state index < -0.39 is 5.54 Å². The van der Waals surface area contributed by atoms with Crippen molar-refractivity contribution < 1.29 is 14.3 Å². The van der Waals surface area contributed by atoms with E-state index in [0.717, 1.165) is 38.8 Å². The minimum absolute atomic E-state index is 0.130. The Hall–Kier alpha value is -0.610. The Kier molecular flexibility index (Phi) is 8.93. The van der Waals surface area contributed by atoms with Gasteiger partial charge in [-0.1, -0.05) is 33.1 Å². The van der Waals surface area contributed by atoms with Gasteiger partial charge in [-0.05, 0) is 45.1 Å². The van der Waals surface area contributed by atoms with Crippen LogP contribution in [0.15, 0.2) is 0 Å². The standard InChI is InChI=1S/C17H33NO3/c1-4-7-8-9-13-20-14-17(15-10-11-15,18-12-5-2)16(19)21-6-3/h15,18H,4-14H2,1-3H3. The zero-order chi connectivity index (χ0) is 15.6. The molecule has 124 valence electrons. The second-order valence-electron chi connectivity index (χ2n) is 6.01. The molecule has 1 atom stereocenters. The molecular weight excluding hydrogens is 266 g/mol. The van der Waals surface area contributed by atoms with Gasteiger partial charge in [-0.25, -0.2) is 4.79 Å². The van der Waals surface area contributed by atoms with Gasteiger partial charge in [0.1, 0.15) is 5.54 Å². The zero-order valence-electron chi connectivity index (χ0n) is 14.1. The summed E-state index contributed by atoms with van der Waals surface area (Å²) in [6.45, 7) is 8.62. The summed E-state index contributed by atoms with van der Waals surface area (Å²) in [5.74, 6) is 0.244. The number of ether oxygens (including phenoxy) is 2. The molecule has 21 heavy (non-hydrogen) atoms. The number of carbonyl (C=O) groups excluding carboxylic acids is 1. The van der Waals surface area contributed by atoms with Gasteiger partial charge in [-0.2, -0.15) is 0 Å². The van der Waals surface area contributed by atoms with E-state index in [0.29, 0.717) is 19.1 Å². The second-order valence-corrected chi connectivity index (χ2v) is 6.01. The predicted molar refractivity (Wildman–Crippen MR) is 85.3 cm³/mol. The maximum Gasteiger partial charge on any atom is 0.329 e. The molecule has 1 fully saturated rings. The third-order valence-corrected chi connectivity index (χ3v) is 4.08. The van der Waals surface area contributed by atoms with Gasteiger partial charge < -0.3 is 9.47 Å². The highest BCUT2D eigenvalue weighted by Gasteiger charge is 2.52. The molecule has 4 heteroatoms. The lowest BCUT2D eigenvalue weighted by molar-refractivity contribution is -0.155. The molecule has 1 unspecified atom stereocenters. The van der Waals surface area contributed by atoms with Crippen molar-refractivity contribution in [3.05, 3.63) is 0 Å². The van der Waals surface area contributed by atoms with Crippen LogP contribution in [-0.2, 0) is 14.3 Å². The Morgan fingerprint density at radius 2 is 1.90 bits per heavy atom. The summed E-state index contributed by atoms with van der Waals surface area (Å²) in [4.78, 5) is 12.5. The van der Waals surface area contributed by atoms with Crippen LogP contribution in [0, 0.1) is 5.92 Å². The van der Waals surface area contributed by atoms with E-state index in [9.17, 15) is 4.79 Å². The van der Waals surface area contributed by atoms with E-state index in [1.807, 2.05) is 6.92 Å². The summed E-state index contributed by atoms with van der Waals surface area (Å²) in [5, 5.41) is 3.43. The molecule has 0 saturated heterocycles. The zero-order valence-corrected chi connectivity index (χ0v) is 14.1. The Morgan fingerprint density at radius 3 is 2.48 bits per heavy atom. The van der Waals surface area contributed by atoms with E-state index in [2.05, 4.69) is 19.2 Å². The van der Waals surface area contributed by atoms with Crippen molar-refractivity contribution in [3.63, 3.8) is 0 Å². The van der Waals surface area contributed by atoms with E-state index in [1.165, 1.54) is 19.3 Å². The topological polar surface area (TPSA) is 47.6 Å². The normalized spacial score (nSPS) is 17.5. The van der Waals surface area contributed by atoms with Crippen LogP contribution in [0.1, 0.15) is 65.7 Å². The van der Waals surface area contributed by atoms with Crippen molar-refractivity contribution in [2.75, 3.05) is 26.4 Å². The van der Waals surface area contributed by atoms with Crippen LogP contribution < -0.4 is 5.32 Å². The molecule has 1 saturated carbocycles. The minimum atomic E-state index is -0.614. The van der Waals surface area contributed by atoms with Crippen LogP contribution in [0.2, 0.25) is 0 Å². The summed E-state index contributed by atoms with van der Waals surface area (Å²) >= 11 is 0. The molecule has 1 aliphatic rings. The number of esters is 1. The molecule has 0 radical (unpaired) electrons. The first-order valence-corrected chi connectivity index (χ1v) is 8.71. The van der Waals surface area contributed by atoms with Crippen LogP contribution in [-0.4, -0.2) is 37.9 Å². The molecule has 0 aliphatic heterocycles. The van der Waals surface area contributed by atoms with Gasteiger partial charge in [0, 0.05) is 6.61 Å². The van der Waals surface area contributed by atoms with E-state index in [-0.39, 0.29) is 5.97 Å². The average molecular weight is 299 g/mol. The third-order valence-electron chi connectivity index (χ3n) is 4.08. The SMILES string of the molecule is CCCCCCOCC(NCCC)(C(=O)OCC)C1CC1. The van der Waals surface area contributed by atoms with Gasteiger partial charge >= 0.3 is 5.97 Å². The van der Waals surface area contributed by atoms with Gasteiger partial charge in [0.15, 0.2) is 0 Å². The number of nitrogens with one attached hydrogen (secondary N) is 1. The first-order valence-electron chi connectivity index (χ1n) is 8.71. The van der Waals surface area contributed by atoms with E-state index >= 15 is 0 Å². The largest absolute Gasteiger partial charge is 0.465 e. The first kappa shape index (κ1) is 18.4. The highest BCUT2D eigenvalue weighted by Crippen LogP contribution is 2.41. The van der Waals surface area contributed by atoms with Crippen LogP contribution >= 0.6 is 0 Å². The maximum atomic E-state index is 12.5. The summed E-state index contributed by atoms with van der Waals surface area (Å²) in [5.41, 5.74) is -0.614. The average Bonchev–Trinajstić information content (AvgIpc) is 3.31. The maximum absolute atomic E-state index is 12.5. The van der Waals surface area contributed by atoms with Gasteiger partial charge in [-0.3, -0.25) is 5.32 Å². The van der Waals surface area contributed by atoms with E-state index in [1.54, 1.807) is 0 Å². The smallest absolute Gasteiger partial charge is 0.329 e. The lowest BCUT2D eigenvalue weighted by Crippen LogP contribution is -2.58. The van der Waals surface area contributed by atoms with Crippen LogP contribution in [0.3, 0.4) is 0 Å². The van der Waals surface area contributed by atoms with Crippen molar-refractivity contribution >= 4 is 5.97 Å².